The van der Waals surface area contributed by atoms with Crippen LogP contribution in [0.3, 0.4) is 0 Å². The lowest BCUT2D eigenvalue weighted by atomic mass is 9.91. The number of anilines is 2. The molecule has 1 amide bonds. The molecule has 8 heteroatoms. The van der Waals surface area contributed by atoms with E-state index in [1.807, 2.05) is 0 Å². The number of nitrogen functional groups attached to an aromatic ring is 1. The molecule has 2 aromatic heterocycles. The highest BCUT2D eigenvalue weighted by Gasteiger charge is 2.41. The van der Waals surface area contributed by atoms with Crippen LogP contribution >= 0.6 is 0 Å². The van der Waals surface area contributed by atoms with E-state index < -0.39 is 0 Å². The van der Waals surface area contributed by atoms with Crippen LogP contribution in [-0.2, 0) is 4.79 Å². The van der Waals surface area contributed by atoms with Crippen LogP contribution in [0.5, 0.6) is 0 Å². The first-order chi connectivity index (χ1) is 9.74. The Morgan fingerprint density at radius 2 is 2.30 bits per heavy atom. The molecular formula is C12H15N7O. The molecule has 0 aliphatic carbocycles. The molecule has 20 heavy (non-hydrogen) atoms. The number of rotatable bonds is 1. The van der Waals surface area contributed by atoms with Crippen LogP contribution in [0.1, 0.15) is 12.8 Å². The minimum Gasteiger partial charge on any atom is -0.368 e. The summed E-state index contributed by atoms with van der Waals surface area (Å²) in [7, 11) is 0. The maximum atomic E-state index is 11.9. The fourth-order valence-electron chi connectivity index (χ4n) is 3.27. The number of aromatic nitrogens is 4. The van der Waals surface area contributed by atoms with Gasteiger partial charge in [-0.2, -0.15) is 15.1 Å². The van der Waals surface area contributed by atoms with Crippen LogP contribution in [0.4, 0.5) is 11.8 Å². The van der Waals surface area contributed by atoms with Gasteiger partial charge < -0.3 is 16.0 Å². The van der Waals surface area contributed by atoms with Crippen molar-refractivity contribution in [3.05, 3.63) is 6.20 Å². The van der Waals surface area contributed by atoms with E-state index in [1.165, 1.54) is 0 Å². The monoisotopic (exact) mass is 273 g/mol. The van der Waals surface area contributed by atoms with Gasteiger partial charge in [-0.25, -0.2) is 0 Å². The SMILES string of the molecule is Nc1nc(N2CCCC3C(=O)NCC32)c2cn[nH]c2n1. The van der Waals surface area contributed by atoms with E-state index in [-0.39, 0.29) is 23.8 Å². The maximum absolute atomic E-state index is 11.9. The third-order valence-electron chi connectivity index (χ3n) is 4.18. The Kier molecular flexibility index (Phi) is 2.32. The number of carbonyl (C=O) groups is 1. The van der Waals surface area contributed by atoms with Crippen molar-refractivity contribution in [2.45, 2.75) is 18.9 Å². The molecular weight excluding hydrogens is 258 g/mol. The van der Waals surface area contributed by atoms with E-state index in [2.05, 4.69) is 30.4 Å². The van der Waals surface area contributed by atoms with Crippen LogP contribution in [0, 0.1) is 5.92 Å². The Bertz CT molecular complexity index is 681. The molecule has 2 aliphatic rings. The molecule has 0 saturated carbocycles. The number of H-pyrrole nitrogens is 1. The van der Waals surface area contributed by atoms with Crippen molar-refractivity contribution in [3.63, 3.8) is 0 Å². The summed E-state index contributed by atoms with van der Waals surface area (Å²) < 4.78 is 0. The van der Waals surface area contributed by atoms with Gasteiger partial charge in [0.15, 0.2) is 5.65 Å². The van der Waals surface area contributed by atoms with Crippen molar-refractivity contribution in [2.75, 3.05) is 23.7 Å². The molecule has 4 rings (SSSR count). The molecule has 8 nitrogen and oxygen atoms in total. The third kappa shape index (κ3) is 1.54. The van der Waals surface area contributed by atoms with Crippen molar-refractivity contribution < 1.29 is 4.79 Å². The van der Waals surface area contributed by atoms with Crippen molar-refractivity contribution >= 4 is 28.7 Å². The first-order valence-corrected chi connectivity index (χ1v) is 6.75. The molecule has 2 fully saturated rings. The van der Waals surface area contributed by atoms with E-state index in [4.69, 9.17) is 5.73 Å². The van der Waals surface area contributed by atoms with Crippen molar-refractivity contribution in [1.82, 2.24) is 25.5 Å². The second kappa shape index (κ2) is 4.06. The average molecular weight is 273 g/mol. The third-order valence-corrected chi connectivity index (χ3v) is 4.18. The van der Waals surface area contributed by atoms with Gasteiger partial charge in [0.1, 0.15) is 5.82 Å². The van der Waals surface area contributed by atoms with Gasteiger partial charge in [-0.3, -0.25) is 9.89 Å². The summed E-state index contributed by atoms with van der Waals surface area (Å²) in [6, 6.07) is 0.142. The van der Waals surface area contributed by atoms with Crippen LogP contribution in [0.2, 0.25) is 0 Å². The molecule has 4 heterocycles. The van der Waals surface area contributed by atoms with Gasteiger partial charge in [0, 0.05) is 13.1 Å². The summed E-state index contributed by atoms with van der Waals surface area (Å²) >= 11 is 0. The molecule has 2 aliphatic heterocycles. The number of nitrogens with two attached hydrogens (primary N) is 1. The van der Waals surface area contributed by atoms with Gasteiger partial charge in [0.2, 0.25) is 11.9 Å². The molecule has 2 unspecified atom stereocenters. The Morgan fingerprint density at radius 1 is 1.40 bits per heavy atom. The number of aromatic amines is 1. The zero-order valence-electron chi connectivity index (χ0n) is 10.8. The van der Waals surface area contributed by atoms with Crippen LogP contribution < -0.4 is 16.0 Å². The zero-order valence-corrected chi connectivity index (χ0v) is 10.8. The molecule has 4 N–H and O–H groups in total. The van der Waals surface area contributed by atoms with Gasteiger partial charge in [-0.15, -0.1) is 0 Å². The van der Waals surface area contributed by atoms with Crippen molar-refractivity contribution in [2.24, 2.45) is 5.92 Å². The molecule has 0 spiro atoms. The summed E-state index contributed by atoms with van der Waals surface area (Å²) in [5.74, 6) is 1.18. The number of nitrogens with zero attached hydrogens (tertiary/aromatic N) is 4. The first-order valence-electron chi connectivity index (χ1n) is 6.75. The molecule has 0 aromatic carbocycles. The highest BCUT2D eigenvalue weighted by molar-refractivity contribution is 5.89. The highest BCUT2D eigenvalue weighted by atomic mass is 16.2. The van der Waals surface area contributed by atoms with E-state index in [1.54, 1.807) is 6.20 Å². The minimum absolute atomic E-state index is 0.0434. The van der Waals surface area contributed by atoms with E-state index in [0.29, 0.717) is 12.2 Å². The molecule has 0 bridgehead atoms. The number of carbonyl (C=O) groups excluding carboxylic acids is 1. The predicted molar refractivity (Wildman–Crippen MR) is 73.0 cm³/mol. The van der Waals surface area contributed by atoms with E-state index in [9.17, 15) is 4.79 Å². The van der Waals surface area contributed by atoms with Gasteiger partial charge in [-0.1, -0.05) is 0 Å². The predicted octanol–water partition coefficient (Wildman–Crippen LogP) is -0.350. The zero-order chi connectivity index (χ0) is 13.7. The second-order valence-corrected chi connectivity index (χ2v) is 5.29. The fraction of sp³-hybridized carbons (Fsp3) is 0.500. The largest absolute Gasteiger partial charge is 0.368 e. The summed E-state index contributed by atoms with van der Waals surface area (Å²) in [5, 5.41) is 10.6. The van der Waals surface area contributed by atoms with E-state index >= 15 is 0 Å². The second-order valence-electron chi connectivity index (χ2n) is 5.29. The Morgan fingerprint density at radius 3 is 3.20 bits per heavy atom. The minimum atomic E-state index is 0.0434. The first kappa shape index (κ1) is 11.4. The maximum Gasteiger partial charge on any atom is 0.225 e. The smallest absolute Gasteiger partial charge is 0.225 e. The number of amides is 1. The summed E-state index contributed by atoms with van der Waals surface area (Å²) in [4.78, 5) is 22.5. The Labute approximate surface area is 114 Å². The fourth-order valence-corrected chi connectivity index (χ4v) is 3.27. The molecule has 2 aromatic rings. The Balaban J connectivity index is 1.82. The molecule has 2 atom stereocenters. The standard InChI is InChI=1S/C12H15N7O/c13-12-16-9-7(4-15-18-9)10(17-12)19-3-1-2-6-8(19)5-14-11(6)20/h4,6,8H,1-3,5H2,(H,14,20)(H3,13,15,16,17,18). The normalized spacial score (nSPS) is 25.8. The summed E-state index contributed by atoms with van der Waals surface area (Å²) in [6.07, 6.45) is 3.61. The number of nitrogens with one attached hydrogen (secondary N) is 2. The average Bonchev–Trinajstić information content (AvgIpc) is 3.05. The Hall–Kier alpha value is -2.38. The lowest BCUT2D eigenvalue weighted by Gasteiger charge is -2.37. The summed E-state index contributed by atoms with van der Waals surface area (Å²) in [6.45, 7) is 1.53. The van der Waals surface area contributed by atoms with Crippen LogP contribution in [-0.4, -0.2) is 45.2 Å². The van der Waals surface area contributed by atoms with Crippen LogP contribution in [0.15, 0.2) is 6.20 Å². The number of hydrogen-bond donors (Lipinski definition) is 3. The van der Waals surface area contributed by atoms with Gasteiger partial charge >= 0.3 is 0 Å². The number of fused-ring (bicyclic) bond motifs is 2. The number of piperidine rings is 1. The number of hydrogen-bond acceptors (Lipinski definition) is 6. The highest BCUT2D eigenvalue weighted by Crippen LogP contribution is 2.33. The van der Waals surface area contributed by atoms with Gasteiger partial charge in [0.25, 0.3) is 0 Å². The van der Waals surface area contributed by atoms with E-state index in [0.717, 1.165) is 30.6 Å². The van der Waals surface area contributed by atoms with Crippen molar-refractivity contribution in [3.8, 4) is 0 Å². The summed E-state index contributed by atoms with van der Waals surface area (Å²) in [5.41, 5.74) is 6.41. The van der Waals surface area contributed by atoms with Crippen molar-refractivity contribution in [1.29, 1.82) is 0 Å². The quantitative estimate of drug-likeness (QED) is 0.654. The molecule has 0 radical (unpaired) electrons. The molecule has 2 saturated heterocycles. The lowest BCUT2D eigenvalue weighted by molar-refractivity contribution is -0.122. The molecule has 104 valence electrons. The van der Waals surface area contributed by atoms with Gasteiger partial charge in [-0.05, 0) is 12.8 Å². The van der Waals surface area contributed by atoms with Crippen LogP contribution in [0.25, 0.3) is 11.0 Å². The topological polar surface area (TPSA) is 113 Å². The lowest BCUT2D eigenvalue weighted by Crippen LogP contribution is -2.46. The van der Waals surface area contributed by atoms with Gasteiger partial charge in [0.05, 0.1) is 23.5 Å².